The summed E-state index contributed by atoms with van der Waals surface area (Å²) in [6.45, 7) is 9.98. The molecule has 3 aliphatic heterocycles. The predicted molar refractivity (Wildman–Crippen MR) is 194 cm³/mol. The van der Waals surface area contributed by atoms with Crippen molar-refractivity contribution in [1.29, 1.82) is 0 Å². The number of allylic oxidation sites excluding steroid dienone is 1. The van der Waals surface area contributed by atoms with Crippen molar-refractivity contribution >= 4 is 28.4 Å². The van der Waals surface area contributed by atoms with Gasteiger partial charge in [-0.05, 0) is 92.1 Å². The van der Waals surface area contributed by atoms with E-state index >= 15 is 4.39 Å². The van der Waals surface area contributed by atoms with Gasteiger partial charge in [-0.2, -0.15) is 0 Å². The molecule has 2 aromatic carbocycles. The van der Waals surface area contributed by atoms with Gasteiger partial charge in [-0.1, -0.05) is 25.6 Å². The molecule has 10 nitrogen and oxygen atoms in total. The third-order valence-corrected chi connectivity index (χ3v) is 11.3. The number of amides is 2. The fraction of sp³-hybridized carbons (Fsp3) is 0.400. The average Bonchev–Trinajstić information content (AvgIpc) is 3.77. The molecule has 0 saturated carbocycles. The highest BCUT2D eigenvalue weighted by Crippen LogP contribution is 2.46. The molecule has 3 N–H and O–H groups in total. The fourth-order valence-corrected chi connectivity index (χ4v) is 8.67. The zero-order valence-corrected chi connectivity index (χ0v) is 29.3. The van der Waals surface area contributed by atoms with E-state index in [0.29, 0.717) is 60.6 Å². The SMILES string of the molecule is C=C1OCc2c(cc3n(c2=O)Cc2c-3nc3cc(F)c(C)c4c3c2C(NCc2ccc(NC(=O)C3CCCN3C(=O)CNC)cc2)CC4)C1CC. The van der Waals surface area contributed by atoms with Crippen LogP contribution in [0.5, 0.6) is 0 Å². The molecule has 1 saturated heterocycles. The summed E-state index contributed by atoms with van der Waals surface area (Å²) in [6, 6.07) is 10.9. The molecule has 51 heavy (non-hydrogen) atoms. The minimum absolute atomic E-state index is 0.0457. The van der Waals surface area contributed by atoms with Crippen molar-refractivity contribution in [3.05, 3.63) is 104 Å². The number of anilines is 1. The van der Waals surface area contributed by atoms with Crippen LogP contribution in [-0.2, 0) is 40.4 Å². The Kier molecular flexibility index (Phi) is 8.50. The van der Waals surface area contributed by atoms with Crippen molar-refractivity contribution in [3.8, 4) is 11.4 Å². The Hall–Kier alpha value is -4.87. The van der Waals surface area contributed by atoms with Crippen LogP contribution < -0.4 is 21.5 Å². The number of ether oxygens (including phenoxy) is 1. The van der Waals surface area contributed by atoms with Gasteiger partial charge in [0.15, 0.2) is 0 Å². The van der Waals surface area contributed by atoms with Gasteiger partial charge in [0.2, 0.25) is 11.8 Å². The first-order valence-electron chi connectivity index (χ1n) is 18.0. The number of likely N-dealkylation sites (tertiary alicyclic amines) is 1. The lowest BCUT2D eigenvalue weighted by Crippen LogP contribution is -2.46. The van der Waals surface area contributed by atoms with E-state index in [1.54, 1.807) is 22.6 Å². The first kappa shape index (κ1) is 33.3. The molecule has 4 aromatic rings. The second-order valence-corrected chi connectivity index (χ2v) is 14.2. The number of carbonyl (C=O) groups is 2. The second-order valence-electron chi connectivity index (χ2n) is 14.2. The number of carbonyl (C=O) groups excluding carboxylic acids is 2. The van der Waals surface area contributed by atoms with Gasteiger partial charge in [0, 0.05) is 47.8 Å². The molecule has 5 heterocycles. The molecule has 1 fully saturated rings. The van der Waals surface area contributed by atoms with Crippen LogP contribution in [0, 0.1) is 12.7 Å². The number of hydrogen-bond donors (Lipinski definition) is 3. The average molecular weight is 691 g/mol. The quantitative estimate of drug-likeness (QED) is 0.201. The Bertz CT molecular complexity index is 2180. The first-order valence-corrected chi connectivity index (χ1v) is 18.0. The molecule has 0 radical (unpaired) electrons. The maximum absolute atomic E-state index is 15.3. The summed E-state index contributed by atoms with van der Waals surface area (Å²) < 4.78 is 22.9. The molecule has 11 heteroatoms. The van der Waals surface area contributed by atoms with E-state index in [1.165, 1.54) is 0 Å². The standard InChI is InChI=1S/C40H43FN6O4/c1-5-25-22(3)51-20-29-27(25)15-34-38-28(19-47(34)40(29)50)37-31(13-12-26-21(2)30(41)16-32(45-38)36(26)37)43-17-23-8-10-24(11-9-23)44-39(49)33-7-6-14-46(33)35(48)18-42-4/h8-11,15-16,25,31,33,42-43H,3,5-7,12-14,17-20H2,1-2,4H3,(H,44,49). The summed E-state index contributed by atoms with van der Waals surface area (Å²) in [7, 11) is 1.72. The molecule has 3 unspecified atom stereocenters. The third kappa shape index (κ3) is 5.54. The minimum Gasteiger partial charge on any atom is -0.493 e. The van der Waals surface area contributed by atoms with Crippen LogP contribution in [0.2, 0.25) is 0 Å². The number of likely N-dealkylation sites (N-methyl/N-ethyl adjacent to an activating group) is 1. The molecule has 2 amide bonds. The summed E-state index contributed by atoms with van der Waals surface area (Å²) in [5.41, 5.74) is 9.11. The van der Waals surface area contributed by atoms with Gasteiger partial charge >= 0.3 is 0 Å². The number of benzene rings is 2. The Labute approximate surface area is 296 Å². The van der Waals surface area contributed by atoms with Gasteiger partial charge in [-0.3, -0.25) is 14.4 Å². The van der Waals surface area contributed by atoms with E-state index in [1.807, 2.05) is 31.2 Å². The van der Waals surface area contributed by atoms with Gasteiger partial charge in [-0.15, -0.1) is 0 Å². The van der Waals surface area contributed by atoms with E-state index in [0.717, 1.165) is 63.9 Å². The van der Waals surface area contributed by atoms with Crippen molar-refractivity contribution in [2.45, 2.75) is 83.6 Å². The minimum atomic E-state index is -0.467. The molecule has 1 aliphatic carbocycles. The van der Waals surface area contributed by atoms with Crippen LogP contribution in [0.1, 0.15) is 83.5 Å². The maximum atomic E-state index is 15.3. The molecule has 0 spiro atoms. The van der Waals surface area contributed by atoms with Crippen molar-refractivity contribution in [3.63, 3.8) is 0 Å². The number of rotatable bonds is 8. The highest BCUT2D eigenvalue weighted by Gasteiger charge is 2.37. The summed E-state index contributed by atoms with van der Waals surface area (Å²) in [6.07, 6.45) is 3.71. The van der Waals surface area contributed by atoms with Crippen LogP contribution in [0.4, 0.5) is 10.1 Å². The molecule has 3 atom stereocenters. The first-order chi connectivity index (χ1) is 24.7. The topological polar surface area (TPSA) is 118 Å². The number of nitrogens with one attached hydrogen (secondary N) is 3. The molecule has 264 valence electrons. The Morgan fingerprint density at radius 3 is 2.69 bits per heavy atom. The Morgan fingerprint density at radius 1 is 1.12 bits per heavy atom. The number of aromatic nitrogens is 2. The number of aryl methyl sites for hydroxylation is 1. The lowest BCUT2D eigenvalue weighted by atomic mass is 9.81. The van der Waals surface area contributed by atoms with Crippen molar-refractivity contribution in [2.75, 3.05) is 25.5 Å². The fourth-order valence-electron chi connectivity index (χ4n) is 8.67. The molecular weight excluding hydrogens is 647 g/mol. The lowest BCUT2D eigenvalue weighted by molar-refractivity contribution is -0.135. The van der Waals surface area contributed by atoms with E-state index in [2.05, 4.69) is 35.5 Å². The number of pyridine rings is 2. The van der Waals surface area contributed by atoms with Gasteiger partial charge in [0.25, 0.3) is 5.56 Å². The predicted octanol–water partition coefficient (Wildman–Crippen LogP) is 5.34. The summed E-state index contributed by atoms with van der Waals surface area (Å²) >= 11 is 0. The summed E-state index contributed by atoms with van der Waals surface area (Å²) in [5, 5.41) is 10.6. The molecule has 8 rings (SSSR count). The molecular formula is C40H43FN6O4. The largest absolute Gasteiger partial charge is 0.493 e. The van der Waals surface area contributed by atoms with Gasteiger partial charge in [-0.25, -0.2) is 9.37 Å². The third-order valence-electron chi connectivity index (χ3n) is 11.3. The normalized spacial score (nSPS) is 20.2. The number of nitrogens with zero attached hydrogens (tertiary/aromatic N) is 3. The van der Waals surface area contributed by atoms with E-state index in [-0.39, 0.29) is 48.3 Å². The van der Waals surface area contributed by atoms with Crippen LogP contribution in [0.15, 0.2) is 53.5 Å². The molecule has 4 aliphatic rings. The van der Waals surface area contributed by atoms with Crippen LogP contribution in [0.25, 0.3) is 22.3 Å². The van der Waals surface area contributed by atoms with E-state index < -0.39 is 6.04 Å². The highest BCUT2D eigenvalue weighted by atomic mass is 19.1. The summed E-state index contributed by atoms with van der Waals surface area (Å²) in [5.74, 6) is 0.101. The smallest absolute Gasteiger partial charge is 0.258 e. The van der Waals surface area contributed by atoms with Crippen molar-refractivity contribution in [2.24, 2.45) is 0 Å². The lowest BCUT2D eigenvalue weighted by Gasteiger charge is -2.30. The number of hydrogen-bond acceptors (Lipinski definition) is 7. The second kappa shape index (κ2) is 13.0. The zero-order valence-electron chi connectivity index (χ0n) is 29.3. The highest BCUT2D eigenvalue weighted by molar-refractivity contribution is 5.98. The van der Waals surface area contributed by atoms with Crippen LogP contribution in [-0.4, -0.2) is 52.4 Å². The number of fused-ring (bicyclic) bond motifs is 5. The Balaban J connectivity index is 1.08. The Morgan fingerprint density at radius 2 is 1.92 bits per heavy atom. The van der Waals surface area contributed by atoms with Crippen LogP contribution in [0.3, 0.4) is 0 Å². The van der Waals surface area contributed by atoms with E-state index in [9.17, 15) is 14.4 Å². The number of halogens is 1. The molecule has 0 bridgehead atoms. The zero-order chi connectivity index (χ0) is 35.6. The van der Waals surface area contributed by atoms with E-state index in [4.69, 9.17) is 9.72 Å². The van der Waals surface area contributed by atoms with Crippen molar-refractivity contribution < 1.29 is 18.7 Å². The monoisotopic (exact) mass is 690 g/mol. The van der Waals surface area contributed by atoms with Gasteiger partial charge < -0.3 is 30.2 Å². The van der Waals surface area contributed by atoms with Crippen molar-refractivity contribution in [1.82, 2.24) is 25.1 Å². The van der Waals surface area contributed by atoms with Gasteiger partial charge in [0.1, 0.15) is 18.5 Å². The van der Waals surface area contributed by atoms with Gasteiger partial charge in [0.05, 0.1) is 41.3 Å². The summed E-state index contributed by atoms with van der Waals surface area (Å²) in [4.78, 5) is 46.3. The van der Waals surface area contributed by atoms with Crippen LogP contribution >= 0.6 is 0 Å². The maximum Gasteiger partial charge on any atom is 0.258 e. The molecule has 2 aromatic heterocycles.